The number of nitrogens with two attached hydrogens (primary N) is 1. The van der Waals surface area contributed by atoms with E-state index in [4.69, 9.17) is 15.2 Å². The van der Waals surface area contributed by atoms with Gasteiger partial charge in [-0.15, -0.1) is 0 Å². The van der Waals surface area contributed by atoms with Crippen molar-refractivity contribution in [1.82, 2.24) is 4.98 Å². The van der Waals surface area contributed by atoms with Gasteiger partial charge in [-0.1, -0.05) is 19.9 Å². The van der Waals surface area contributed by atoms with E-state index in [1.807, 2.05) is 32.0 Å². The number of pyridine rings is 1. The Labute approximate surface area is 243 Å². The Morgan fingerprint density at radius 3 is 2.64 bits per heavy atom. The number of Topliss-reactive ketones (excluding diaryl/α,β-unsaturated/α-hetero) is 1. The number of nitro groups is 1. The van der Waals surface area contributed by atoms with Gasteiger partial charge in [0.15, 0.2) is 5.78 Å². The number of anilines is 1. The number of allylic oxidation sites excluding steroid dienone is 3. The van der Waals surface area contributed by atoms with Crippen molar-refractivity contribution >= 4 is 17.2 Å². The minimum atomic E-state index is -0.673. The zero-order valence-electron chi connectivity index (χ0n) is 23.9. The van der Waals surface area contributed by atoms with Crippen LogP contribution in [0.1, 0.15) is 49.3 Å². The van der Waals surface area contributed by atoms with Crippen molar-refractivity contribution in [3.63, 3.8) is 0 Å². The first kappa shape index (κ1) is 28.4. The summed E-state index contributed by atoms with van der Waals surface area (Å²) >= 11 is 0. The van der Waals surface area contributed by atoms with E-state index >= 15 is 0 Å². The van der Waals surface area contributed by atoms with Crippen molar-refractivity contribution < 1.29 is 19.2 Å². The number of methoxy groups -OCH3 is 1. The molecule has 1 atom stereocenters. The number of hydrogen-bond acceptors (Lipinski definition) is 9. The van der Waals surface area contributed by atoms with Gasteiger partial charge in [0.25, 0.3) is 5.69 Å². The van der Waals surface area contributed by atoms with E-state index < -0.39 is 10.8 Å². The maximum Gasteiger partial charge on any atom is 0.272 e. The van der Waals surface area contributed by atoms with Gasteiger partial charge in [-0.05, 0) is 60.7 Å². The van der Waals surface area contributed by atoms with Crippen LogP contribution < -0.4 is 20.1 Å². The number of ether oxygens (including phenoxy) is 2. The number of rotatable bonds is 7. The lowest BCUT2D eigenvalue weighted by molar-refractivity contribution is -0.385. The fourth-order valence-electron chi connectivity index (χ4n) is 5.80. The molecule has 0 bridgehead atoms. The fourth-order valence-corrected chi connectivity index (χ4v) is 5.80. The average Bonchev–Trinajstić information content (AvgIpc) is 2.95. The van der Waals surface area contributed by atoms with Crippen molar-refractivity contribution in [2.24, 2.45) is 11.1 Å². The molecule has 214 valence electrons. The zero-order chi connectivity index (χ0) is 30.2. The standard InChI is InChI=1S/C32H31N5O5/c1-19-12-23(8-9-25(19)37(39)40)42-18-21-13-20(7-10-28(21)41-4)29-24(16-33)31(34)36(22-6-5-11-35-17-22)26-14-32(2,3)15-27(38)30(26)29/h5-13,17,29H,14-15,18,34H2,1-4H3/t29-/m1/s1. The van der Waals surface area contributed by atoms with E-state index in [1.54, 1.807) is 55.6 Å². The summed E-state index contributed by atoms with van der Waals surface area (Å²) in [7, 11) is 1.55. The first-order valence-electron chi connectivity index (χ1n) is 13.5. The number of carbonyl (C=O) groups excluding carboxylic acids is 1. The van der Waals surface area contributed by atoms with Crippen LogP contribution >= 0.6 is 0 Å². The molecule has 0 fully saturated rings. The highest BCUT2D eigenvalue weighted by atomic mass is 16.6. The second-order valence-electron chi connectivity index (χ2n) is 11.3. The van der Waals surface area contributed by atoms with Gasteiger partial charge in [-0.2, -0.15) is 5.26 Å². The topological polar surface area (TPSA) is 145 Å². The molecule has 0 spiro atoms. The third-order valence-corrected chi connectivity index (χ3v) is 7.68. The van der Waals surface area contributed by atoms with Crippen molar-refractivity contribution in [2.45, 2.75) is 46.1 Å². The van der Waals surface area contributed by atoms with Crippen LogP contribution in [0.3, 0.4) is 0 Å². The Morgan fingerprint density at radius 2 is 2.00 bits per heavy atom. The van der Waals surface area contributed by atoms with Gasteiger partial charge in [0.1, 0.15) is 23.9 Å². The molecule has 2 aliphatic rings. The van der Waals surface area contributed by atoms with Crippen LogP contribution in [-0.2, 0) is 11.4 Å². The maximum atomic E-state index is 13.8. The second-order valence-corrected chi connectivity index (χ2v) is 11.3. The first-order chi connectivity index (χ1) is 20.0. The molecule has 1 aliphatic heterocycles. The summed E-state index contributed by atoms with van der Waals surface area (Å²) in [5.74, 6) is 0.579. The summed E-state index contributed by atoms with van der Waals surface area (Å²) in [6, 6.07) is 16.0. The lowest BCUT2D eigenvalue weighted by Crippen LogP contribution is -2.42. The number of aryl methyl sites for hydroxylation is 1. The maximum absolute atomic E-state index is 13.8. The van der Waals surface area contributed by atoms with Crippen molar-refractivity contribution in [3.05, 3.63) is 110 Å². The van der Waals surface area contributed by atoms with E-state index in [2.05, 4.69) is 11.1 Å². The molecule has 1 aliphatic carbocycles. The third-order valence-electron chi connectivity index (χ3n) is 7.68. The quantitative estimate of drug-likeness (QED) is 0.276. The molecule has 3 aromatic rings. The molecule has 5 rings (SSSR count). The predicted octanol–water partition coefficient (Wildman–Crippen LogP) is 5.83. The smallest absolute Gasteiger partial charge is 0.272 e. The molecular weight excluding hydrogens is 534 g/mol. The van der Waals surface area contributed by atoms with Crippen LogP contribution in [0.4, 0.5) is 11.4 Å². The van der Waals surface area contributed by atoms with E-state index in [-0.39, 0.29) is 34.9 Å². The summed E-state index contributed by atoms with van der Waals surface area (Å²) < 4.78 is 11.6. The number of hydrogen-bond donors (Lipinski definition) is 1. The zero-order valence-corrected chi connectivity index (χ0v) is 23.9. The SMILES string of the molecule is COc1ccc([C@@H]2C(C#N)=C(N)N(c3cccnc3)C3=C2C(=O)CC(C)(C)C3)cc1COc1ccc([N+](=O)[O-])c(C)c1. The van der Waals surface area contributed by atoms with Gasteiger partial charge in [0.05, 0.1) is 41.5 Å². The van der Waals surface area contributed by atoms with Gasteiger partial charge >= 0.3 is 0 Å². The first-order valence-corrected chi connectivity index (χ1v) is 13.5. The third kappa shape index (κ3) is 5.17. The number of nitro benzene ring substituents is 1. The number of nitrogens with zero attached hydrogens (tertiary/aromatic N) is 4. The number of nitriles is 1. The van der Waals surface area contributed by atoms with Crippen molar-refractivity contribution in [2.75, 3.05) is 12.0 Å². The van der Waals surface area contributed by atoms with Crippen LogP contribution in [0, 0.1) is 33.8 Å². The Morgan fingerprint density at radius 1 is 1.21 bits per heavy atom. The summed E-state index contributed by atoms with van der Waals surface area (Å²) in [5, 5.41) is 21.6. The number of ketones is 1. The van der Waals surface area contributed by atoms with Crippen molar-refractivity contribution in [3.8, 4) is 17.6 Å². The second kappa shape index (κ2) is 11.0. The van der Waals surface area contributed by atoms with Gasteiger partial charge < -0.3 is 15.2 Å². The molecular formula is C32H31N5O5. The van der Waals surface area contributed by atoms with Crippen LogP contribution in [0.15, 0.2) is 83.6 Å². The largest absolute Gasteiger partial charge is 0.496 e. The minimum absolute atomic E-state index is 0.0115. The fraction of sp³-hybridized carbons (Fsp3) is 0.281. The highest BCUT2D eigenvalue weighted by Crippen LogP contribution is 2.50. The Bertz CT molecular complexity index is 1690. The van der Waals surface area contributed by atoms with Gasteiger partial charge in [0, 0.05) is 41.1 Å². The monoisotopic (exact) mass is 565 g/mol. The highest BCUT2D eigenvalue weighted by molar-refractivity contribution is 6.01. The van der Waals surface area contributed by atoms with Gasteiger partial charge in [-0.25, -0.2) is 0 Å². The van der Waals surface area contributed by atoms with E-state index in [0.29, 0.717) is 52.3 Å². The number of carbonyl (C=O) groups is 1. The average molecular weight is 566 g/mol. The molecule has 0 unspecified atom stereocenters. The predicted molar refractivity (Wildman–Crippen MR) is 156 cm³/mol. The Hall–Kier alpha value is -5.17. The van der Waals surface area contributed by atoms with Crippen LogP contribution in [0.25, 0.3) is 0 Å². The summed E-state index contributed by atoms with van der Waals surface area (Å²) in [4.78, 5) is 30.6. The number of benzene rings is 2. The molecule has 2 N–H and O–H groups in total. The molecule has 42 heavy (non-hydrogen) atoms. The van der Waals surface area contributed by atoms with Crippen LogP contribution in [0.2, 0.25) is 0 Å². The molecule has 2 heterocycles. The Kier molecular flexibility index (Phi) is 7.44. The highest BCUT2D eigenvalue weighted by Gasteiger charge is 2.44. The van der Waals surface area contributed by atoms with Crippen LogP contribution in [-0.4, -0.2) is 22.8 Å². The molecule has 0 amide bonds. The normalized spacial score (nSPS) is 17.9. The summed E-state index contributed by atoms with van der Waals surface area (Å²) in [6.07, 6.45) is 4.26. The molecule has 10 nitrogen and oxygen atoms in total. The van der Waals surface area contributed by atoms with E-state index in [1.165, 1.54) is 6.07 Å². The molecule has 2 aromatic carbocycles. The molecule has 0 saturated carbocycles. The lowest BCUT2D eigenvalue weighted by Gasteiger charge is -2.43. The van der Waals surface area contributed by atoms with Crippen LogP contribution in [0.5, 0.6) is 11.5 Å². The van der Waals surface area contributed by atoms with Crippen molar-refractivity contribution in [1.29, 1.82) is 5.26 Å². The summed E-state index contributed by atoms with van der Waals surface area (Å²) in [6.45, 7) is 5.84. The molecule has 10 heteroatoms. The van der Waals surface area contributed by atoms with E-state index in [0.717, 1.165) is 5.70 Å². The Balaban J connectivity index is 1.59. The van der Waals surface area contributed by atoms with Gasteiger partial charge in [0.2, 0.25) is 0 Å². The minimum Gasteiger partial charge on any atom is -0.496 e. The summed E-state index contributed by atoms with van der Waals surface area (Å²) in [5.41, 5.74) is 10.6. The number of aromatic nitrogens is 1. The molecule has 1 aromatic heterocycles. The lowest BCUT2D eigenvalue weighted by atomic mass is 9.68. The molecule has 0 saturated heterocycles. The molecule has 0 radical (unpaired) electrons. The van der Waals surface area contributed by atoms with Gasteiger partial charge in [-0.3, -0.25) is 24.8 Å². The van der Waals surface area contributed by atoms with E-state index in [9.17, 15) is 20.2 Å².